The summed E-state index contributed by atoms with van der Waals surface area (Å²) in [5, 5.41) is 24.6. The molecular weight excluding hydrogens is 328 g/mol. The molecule has 1 N–H and O–H groups in total. The number of hydrogen-bond donors (Lipinski definition) is 1. The molecule has 0 aromatic heterocycles. The molecule has 7 heteroatoms. The minimum absolute atomic E-state index is 0.118. The Balaban J connectivity index is 2.25. The first kappa shape index (κ1) is 14.0. The molecule has 0 saturated heterocycles. The van der Waals surface area contributed by atoms with Gasteiger partial charge in [-0.1, -0.05) is 27.7 Å². The number of benzene rings is 2. The monoisotopic (exact) mass is 335 g/mol. The van der Waals surface area contributed by atoms with Crippen molar-refractivity contribution in [3.05, 3.63) is 62.6 Å². The molecule has 0 spiro atoms. The van der Waals surface area contributed by atoms with Gasteiger partial charge in [0.15, 0.2) is 0 Å². The summed E-state index contributed by atoms with van der Waals surface area (Å²) < 4.78 is 0.814. The Morgan fingerprint density at radius 3 is 2.40 bits per heavy atom. The number of nitro benzene ring substituents is 1. The van der Waals surface area contributed by atoms with Gasteiger partial charge in [0.2, 0.25) is 0 Å². The lowest BCUT2D eigenvalue weighted by Gasteiger charge is -2.13. The number of halogens is 1. The van der Waals surface area contributed by atoms with Gasteiger partial charge in [0, 0.05) is 27.9 Å². The molecule has 2 aromatic rings. The van der Waals surface area contributed by atoms with Gasteiger partial charge in [-0.15, -0.1) is 0 Å². The molecule has 20 heavy (non-hydrogen) atoms. The SMILES string of the molecule is O=C(Nc1cc([N+](=O)[O-])ccc1[O-])c1ccc(Br)cc1. The summed E-state index contributed by atoms with van der Waals surface area (Å²) in [6, 6.07) is 9.69. The number of hydrogen-bond acceptors (Lipinski definition) is 4. The fourth-order valence-corrected chi connectivity index (χ4v) is 1.79. The number of rotatable bonds is 3. The van der Waals surface area contributed by atoms with Gasteiger partial charge in [0.1, 0.15) is 0 Å². The zero-order valence-electron chi connectivity index (χ0n) is 10.00. The highest BCUT2D eigenvalue weighted by molar-refractivity contribution is 9.10. The minimum Gasteiger partial charge on any atom is -0.871 e. The van der Waals surface area contributed by atoms with Crippen LogP contribution in [-0.2, 0) is 0 Å². The molecule has 0 saturated carbocycles. The Morgan fingerprint density at radius 1 is 1.15 bits per heavy atom. The Kier molecular flexibility index (Phi) is 3.99. The molecule has 0 atom stereocenters. The number of carbonyl (C=O) groups excluding carboxylic acids is 1. The Labute approximate surface area is 122 Å². The van der Waals surface area contributed by atoms with Crippen LogP contribution in [0.3, 0.4) is 0 Å². The van der Waals surface area contributed by atoms with Crippen LogP contribution < -0.4 is 10.4 Å². The van der Waals surface area contributed by atoms with E-state index < -0.39 is 16.6 Å². The average molecular weight is 336 g/mol. The molecule has 102 valence electrons. The molecule has 0 aliphatic heterocycles. The normalized spacial score (nSPS) is 10.1. The van der Waals surface area contributed by atoms with Gasteiger partial charge in [-0.05, 0) is 24.3 Å². The second-order valence-electron chi connectivity index (χ2n) is 3.90. The number of non-ortho nitro benzene ring substituents is 1. The number of anilines is 1. The van der Waals surface area contributed by atoms with Crippen molar-refractivity contribution in [3.63, 3.8) is 0 Å². The number of nitrogens with zero attached hydrogens (tertiary/aromatic N) is 1. The fourth-order valence-electron chi connectivity index (χ4n) is 1.52. The van der Waals surface area contributed by atoms with Gasteiger partial charge >= 0.3 is 0 Å². The van der Waals surface area contributed by atoms with E-state index in [9.17, 15) is 20.0 Å². The summed E-state index contributed by atoms with van der Waals surface area (Å²) in [6.07, 6.45) is 0. The van der Waals surface area contributed by atoms with Crippen molar-refractivity contribution in [1.82, 2.24) is 0 Å². The van der Waals surface area contributed by atoms with Gasteiger partial charge in [-0.25, -0.2) is 0 Å². The molecule has 6 nitrogen and oxygen atoms in total. The van der Waals surface area contributed by atoms with Crippen LogP contribution in [0.25, 0.3) is 0 Å². The van der Waals surface area contributed by atoms with E-state index in [1.54, 1.807) is 24.3 Å². The standard InChI is InChI=1S/C13H9BrN2O4/c14-9-3-1-8(2-4-9)13(18)15-11-7-10(16(19)20)5-6-12(11)17/h1-7,17H,(H,15,18)/p-1. The zero-order chi connectivity index (χ0) is 14.7. The van der Waals surface area contributed by atoms with Crippen LogP contribution in [-0.4, -0.2) is 10.8 Å². The second-order valence-corrected chi connectivity index (χ2v) is 4.81. The van der Waals surface area contributed by atoms with Crippen LogP contribution in [0, 0.1) is 10.1 Å². The zero-order valence-corrected chi connectivity index (χ0v) is 11.6. The molecule has 0 fully saturated rings. The first-order chi connectivity index (χ1) is 9.47. The van der Waals surface area contributed by atoms with Crippen LogP contribution in [0.4, 0.5) is 11.4 Å². The molecule has 0 aliphatic carbocycles. The first-order valence-corrected chi connectivity index (χ1v) is 6.29. The molecule has 0 unspecified atom stereocenters. The van der Waals surface area contributed by atoms with E-state index in [2.05, 4.69) is 21.2 Å². The third-order valence-electron chi connectivity index (χ3n) is 2.53. The van der Waals surface area contributed by atoms with Crippen molar-refractivity contribution in [2.75, 3.05) is 5.32 Å². The van der Waals surface area contributed by atoms with E-state index in [-0.39, 0.29) is 11.4 Å². The van der Waals surface area contributed by atoms with E-state index in [1.807, 2.05) is 0 Å². The third-order valence-corrected chi connectivity index (χ3v) is 3.06. The van der Waals surface area contributed by atoms with Crippen molar-refractivity contribution in [1.29, 1.82) is 0 Å². The smallest absolute Gasteiger partial charge is 0.271 e. The summed E-state index contributed by atoms with van der Waals surface area (Å²) in [4.78, 5) is 21.9. The second kappa shape index (κ2) is 5.70. The highest BCUT2D eigenvalue weighted by Crippen LogP contribution is 2.26. The minimum atomic E-state index is -0.630. The molecule has 0 aliphatic rings. The van der Waals surface area contributed by atoms with Gasteiger partial charge in [-0.2, -0.15) is 0 Å². The van der Waals surface area contributed by atoms with E-state index >= 15 is 0 Å². The van der Waals surface area contributed by atoms with Gasteiger partial charge < -0.3 is 10.4 Å². The lowest BCUT2D eigenvalue weighted by molar-refractivity contribution is -0.385. The number of nitro groups is 1. The van der Waals surface area contributed by atoms with E-state index in [1.165, 1.54) is 0 Å². The van der Waals surface area contributed by atoms with Crippen LogP contribution in [0.15, 0.2) is 46.9 Å². The van der Waals surface area contributed by atoms with Crippen LogP contribution in [0.2, 0.25) is 0 Å². The molecule has 0 heterocycles. The predicted octanol–water partition coefficient (Wildman–Crippen LogP) is 2.68. The van der Waals surface area contributed by atoms with Gasteiger partial charge in [0.25, 0.3) is 11.6 Å². The van der Waals surface area contributed by atoms with Crippen molar-refractivity contribution < 1.29 is 14.8 Å². The molecule has 0 radical (unpaired) electrons. The summed E-state index contributed by atoms with van der Waals surface area (Å²) in [6.45, 7) is 0. The molecule has 2 rings (SSSR count). The number of nitrogens with one attached hydrogen (secondary N) is 1. The van der Waals surface area contributed by atoms with Crippen molar-refractivity contribution in [2.45, 2.75) is 0 Å². The topological polar surface area (TPSA) is 95.3 Å². The van der Waals surface area contributed by atoms with E-state index in [0.29, 0.717) is 5.56 Å². The summed E-state index contributed by atoms with van der Waals surface area (Å²) >= 11 is 3.24. The average Bonchev–Trinajstić information content (AvgIpc) is 2.41. The molecule has 2 aromatic carbocycles. The molecule has 1 amide bonds. The van der Waals surface area contributed by atoms with Gasteiger partial charge in [0.05, 0.1) is 4.92 Å². The van der Waals surface area contributed by atoms with Crippen molar-refractivity contribution >= 4 is 33.2 Å². The Bertz CT molecular complexity index is 671. The first-order valence-electron chi connectivity index (χ1n) is 5.50. The third kappa shape index (κ3) is 3.12. The predicted molar refractivity (Wildman–Crippen MR) is 74.6 cm³/mol. The number of carbonyl (C=O) groups is 1. The summed E-state index contributed by atoms with van der Waals surface area (Å²) in [5.74, 6) is -0.990. The Hall–Kier alpha value is -2.41. The van der Waals surface area contributed by atoms with Crippen LogP contribution in [0.1, 0.15) is 10.4 Å². The van der Waals surface area contributed by atoms with E-state index in [4.69, 9.17) is 0 Å². The summed E-state index contributed by atoms with van der Waals surface area (Å²) in [5.41, 5.74) is -0.0260. The van der Waals surface area contributed by atoms with Crippen molar-refractivity contribution in [2.24, 2.45) is 0 Å². The highest BCUT2D eigenvalue weighted by Gasteiger charge is 2.10. The number of amides is 1. The summed E-state index contributed by atoms with van der Waals surface area (Å²) in [7, 11) is 0. The Morgan fingerprint density at radius 2 is 1.80 bits per heavy atom. The largest absolute Gasteiger partial charge is 0.871 e. The molecule has 0 bridgehead atoms. The fraction of sp³-hybridized carbons (Fsp3) is 0. The van der Waals surface area contributed by atoms with Crippen LogP contribution in [0.5, 0.6) is 5.75 Å². The van der Waals surface area contributed by atoms with E-state index in [0.717, 1.165) is 22.7 Å². The lowest BCUT2D eigenvalue weighted by atomic mass is 10.2. The van der Waals surface area contributed by atoms with Gasteiger partial charge in [-0.3, -0.25) is 14.9 Å². The maximum atomic E-state index is 11.9. The maximum absolute atomic E-state index is 11.9. The van der Waals surface area contributed by atoms with Crippen molar-refractivity contribution in [3.8, 4) is 5.75 Å². The quantitative estimate of drug-likeness (QED) is 0.688. The van der Waals surface area contributed by atoms with Crippen LogP contribution >= 0.6 is 15.9 Å². The maximum Gasteiger partial charge on any atom is 0.271 e. The highest BCUT2D eigenvalue weighted by atomic mass is 79.9. The molecular formula is C13H8BrN2O4-. The lowest BCUT2D eigenvalue weighted by Crippen LogP contribution is -2.13.